The lowest BCUT2D eigenvalue weighted by molar-refractivity contribution is -0.0675. The van der Waals surface area contributed by atoms with Crippen molar-refractivity contribution in [1.82, 2.24) is 5.32 Å². The molecule has 1 aliphatic carbocycles. The second-order valence-corrected chi connectivity index (χ2v) is 3.61. The quantitative estimate of drug-likeness (QED) is 0.582. The smallest absolute Gasteiger partial charge is 0.0806 e. The number of rotatable bonds is 1. The maximum absolute atomic E-state index is 5.73. The summed E-state index contributed by atoms with van der Waals surface area (Å²) in [6, 6.07) is 0. The van der Waals surface area contributed by atoms with Gasteiger partial charge in [-0.2, -0.15) is 0 Å². The second-order valence-electron chi connectivity index (χ2n) is 3.61. The number of hydrogen-bond acceptors (Lipinski definition) is 2. The van der Waals surface area contributed by atoms with E-state index in [1.54, 1.807) is 0 Å². The maximum Gasteiger partial charge on any atom is 0.0806 e. The minimum atomic E-state index is 0.179. The van der Waals surface area contributed by atoms with Gasteiger partial charge in [-0.3, -0.25) is 0 Å². The van der Waals surface area contributed by atoms with Crippen LogP contribution < -0.4 is 5.32 Å². The fraction of sp³-hybridized carbons (Fsp3) is 1.00. The highest BCUT2D eigenvalue weighted by atomic mass is 16.5. The molecular formula is C8H15NO. The van der Waals surface area contributed by atoms with Crippen LogP contribution in [0.25, 0.3) is 0 Å². The molecule has 0 aromatic rings. The van der Waals surface area contributed by atoms with Crippen molar-refractivity contribution in [2.24, 2.45) is 5.92 Å². The van der Waals surface area contributed by atoms with Crippen LogP contribution in [-0.2, 0) is 4.74 Å². The first-order valence-corrected chi connectivity index (χ1v) is 4.16. The van der Waals surface area contributed by atoms with Crippen LogP contribution in [0.15, 0.2) is 0 Å². The Labute approximate surface area is 61.9 Å². The third-order valence-corrected chi connectivity index (χ3v) is 2.63. The van der Waals surface area contributed by atoms with Gasteiger partial charge in [0.05, 0.1) is 12.2 Å². The van der Waals surface area contributed by atoms with E-state index in [4.69, 9.17) is 4.74 Å². The molecule has 2 rings (SSSR count). The Balaban J connectivity index is 1.97. The molecule has 0 bridgehead atoms. The summed E-state index contributed by atoms with van der Waals surface area (Å²) in [6.07, 6.45) is 2.75. The van der Waals surface area contributed by atoms with Gasteiger partial charge in [0.25, 0.3) is 0 Å². The second kappa shape index (κ2) is 2.21. The highest BCUT2D eigenvalue weighted by Crippen LogP contribution is 2.41. The molecule has 0 aromatic heterocycles. The number of ether oxygens (including phenoxy) is 1. The largest absolute Gasteiger partial charge is 0.372 e. The molecule has 10 heavy (non-hydrogen) atoms. The Morgan fingerprint density at radius 1 is 1.50 bits per heavy atom. The number of hydrogen-bond donors (Lipinski definition) is 1. The minimum Gasteiger partial charge on any atom is -0.372 e. The van der Waals surface area contributed by atoms with Gasteiger partial charge < -0.3 is 10.1 Å². The molecule has 1 aliphatic heterocycles. The van der Waals surface area contributed by atoms with Crippen molar-refractivity contribution < 1.29 is 4.74 Å². The van der Waals surface area contributed by atoms with E-state index < -0.39 is 0 Å². The Hall–Kier alpha value is -0.0800. The summed E-state index contributed by atoms with van der Waals surface area (Å²) in [5.74, 6) is 0.847. The molecule has 0 amide bonds. The van der Waals surface area contributed by atoms with Crippen molar-refractivity contribution in [1.29, 1.82) is 0 Å². The first-order valence-electron chi connectivity index (χ1n) is 4.16. The van der Waals surface area contributed by atoms with E-state index in [1.165, 1.54) is 12.8 Å². The number of nitrogens with one attached hydrogen (secondary N) is 1. The Morgan fingerprint density at radius 3 is 2.80 bits per heavy atom. The zero-order chi connectivity index (χ0) is 7.03. The van der Waals surface area contributed by atoms with Crippen molar-refractivity contribution in [3.05, 3.63) is 0 Å². The first kappa shape index (κ1) is 6.62. The number of morpholine rings is 1. The minimum absolute atomic E-state index is 0.179. The summed E-state index contributed by atoms with van der Waals surface area (Å²) in [5, 5.41) is 3.37. The predicted octanol–water partition coefficient (Wildman–Crippen LogP) is 0.775. The van der Waals surface area contributed by atoms with Gasteiger partial charge >= 0.3 is 0 Å². The molecule has 58 valence electrons. The van der Waals surface area contributed by atoms with E-state index in [9.17, 15) is 0 Å². The normalized spacial score (nSPS) is 41.7. The molecule has 2 aliphatic rings. The Bertz CT molecular complexity index is 125. The van der Waals surface area contributed by atoms with Gasteiger partial charge in [-0.05, 0) is 25.7 Å². The van der Waals surface area contributed by atoms with E-state index >= 15 is 0 Å². The van der Waals surface area contributed by atoms with Crippen LogP contribution in [0, 0.1) is 5.92 Å². The Morgan fingerprint density at radius 2 is 2.30 bits per heavy atom. The molecule has 2 fully saturated rings. The van der Waals surface area contributed by atoms with Gasteiger partial charge in [0.2, 0.25) is 0 Å². The standard InChI is InChI=1S/C8H15NO/c1-8(7-2-3-7)6-9-4-5-10-8/h7,9H,2-6H2,1H3/t8-/m0/s1. The third-order valence-electron chi connectivity index (χ3n) is 2.63. The zero-order valence-electron chi connectivity index (χ0n) is 6.52. The van der Waals surface area contributed by atoms with Gasteiger partial charge in [-0.1, -0.05) is 0 Å². The molecule has 2 heteroatoms. The molecule has 1 saturated carbocycles. The van der Waals surface area contributed by atoms with Crippen molar-refractivity contribution >= 4 is 0 Å². The van der Waals surface area contributed by atoms with Crippen molar-refractivity contribution in [2.75, 3.05) is 19.7 Å². The third kappa shape index (κ3) is 1.06. The monoisotopic (exact) mass is 141 g/mol. The molecule has 0 radical (unpaired) electrons. The molecule has 2 nitrogen and oxygen atoms in total. The lowest BCUT2D eigenvalue weighted by Crippen LogP contribution is -2.49. The van der Waals surface area contributed by atoms with Gasteiger partial charge in [0.1, 0.15) is 0 Å². The van der Waals surface area contributed by atoms with Crippen LogP contribution in [0.2, 0.25) is 0 Å². The summed E-state index contributed by atoms with van der Waals surface area (Å²) in [6.45, 7) is 5.21. The van der Waals surface area contributed by atoms with Crippen molar-refractivity contribution in [3.63, 3.8) is 0 Å². The highest BCUT2D eigenvalue weighted by molar-refractivity contribution is 4.95. The molecule has 0 aromatic carbocycles. The van der Waals surface area contributed by atoms with E-state index in [0.717, 1.165) is 25.6 Å². The maximum atomic E-state index is 5.73. The molecule has 1 N–H and O–H groups in total. The van der Waals surface area contributed by atoms with Gasteiger partial charge in [0, 0.05) is 13.1 Å². The van der Waals surface area contributed by atoms with Gasteiger partial charge in [-0.15, -0.1) is 0 Å². The van der Waals surface area contributed by atoms with Crippen LogP contribution in [0.4, 0.5) is 0 Å². The van der Waals surface area contributed by atoms with E-state index in [1.807, 2.05) is 0 Å². The molecule has 0 spiro atoms. The van der Waals surface area contributed by atoms with Gasteiger partial charge in [0.15, 0.2) is 0 Å². The van der Waals surface area contributed by atoms with Crippen LogP contribution >= 0.6 is 0 Å². The SMILES string of the molecule is C[C@@]1(C2CC2)CNCCO1. The fourth-order valence-electron chi connectivity index (χ4n) is 1.70. The highest BCUT2D eigenvalue weighted by Gasteiger charge is 2.43. The summed E-state index contributed by atoms with van der Waals surface area (Å²) < 4.78 is 5.73. The van der Waals surface area contributed by atoms with Crippen LogP contribution in [-0.4, -0.2) is 25.3 Å². The molecule has 1 saturated heterocycles. The van der Waals surface area contributed by atoms with Crippen molar-refractivity contribution in [2.45, 2.75) is 25.4 Å². The molecule has 0 unspecified atom stereocenters. The topological polar surface area (TPSA) is 21.3 Å². The fourth-order valence-corrected chi connectivity index (χ4v) is 1.70. The van der Waals surface area contributed by atoms with E-state index in [2.05, 4.69) is 12.2 Å². The zero-order valence-corrected chi connectivity index (χ0v) is 6.52. The predicted molar refractivity (Wildman–Crippen MR) is 40.0 cm³/mol. The van der Waals surface area contributed by atoms with Crippen LogP contribution in [0.3, 0.4) is 0 Å². The van der Waals surface area contributed by atoms with E-state index in [-0.39, 0.29) is 5.60 Å². The molecule has 1 heterocycles. The summed E-state index contributed by atoms with van der Waals surface area (Å²) in [5.41, 5.74) is 0.179. The van der Waals surface area contributed by atoms with Crippen LogP contribution in [0.5, 0.6) is 0 Å². The molecule has 1 atom stereocenters. The van der Waals surface area contributed by atoms with Crippen molar-refractivity contribution in [3.8, 4) is 0 Å². The average molecular weight is 141 g/mol. The van der Waals surface area contributed by atoms with Crippen LogP contribution in [0.1, 0.15) is 19.8 Å². The van der Waals surface area contributed by atoms with E-state index in [0.29, 0.717) is 0 Å². The molecular weight excluding hydrogens is 126 g/mol. The van der Waals surface area contributed by atoms with Gasteiger partial charge in [-0.25, -0.2) is 0 Å². The average Bonchev–Trinajstić information content (AvgIpc) is 2.69. The Kier molecular flexibility index (Phi) is 1.46. The summed E-state index contributed by atoms with van der Waals surface area (Å²) >= 11 is 0. The summed E-state index contributed by atoms with van der Waals surface area (Å²) in [4.78, 5) is 0. The lowest BCUT2D eigenvalue weighted by atomic mass is 9.99. The lowest BCUT2D eigenvalue weighted by Gasteiger charge is -2.34. The first-order chi connectivity index (χ1) is 4.81. The summed E-state index contributed by atoms with van der Waals surface area (Å²) in [7, 11) is 0.